The first-order valence-corrected chi connectivity index (χ1v) is 6.05. The lowest BCUT2D eigenvalue weighted by Gasteiger charge is -2.35. The summed E-state index contributed by atoms with van der Waals surface area (Å²) in [6.07, 6.45) is 4.03. The van der Waals surface area contributed by atoms with Gasteiger partial charge in [-0.2, -0.15) is 0 Å². The van der Waals surface area contributed by atoms with Gasteiger partial charge in [0.05, 0.1) is 0 Å². The third-order valence-corrected chi connectivity index (χ3v) is 3.35. The number of hydrogen-bond acceptors (Lipinski definition) is 5. The van der Waals surface area contributed by atoms with Crippen molar-refractivity contribution in [1.29, 1.82) is 0 Å². The van der Waals surface area contributed by atoms with E-state index in [-0.39, 0.29) is 6.61 Å². The summed E-state index contributed by atoms with van der Waals surface area (Å²) >= 11 is 0. The molecule has 1 N–H and O–H groups in total. The van der Waals surface area contributed by atoms with E-state index in [4.69, 9.17) is 5.11 Å². The molecular formula is C12H20N4O. The van der Waals surface area contributed by atoms with E-state index in [1.165, 1.54) is 0 Å². The molecule has 0 saturated carbocycles. The normalized spacial score (nSPS) is 17.8. The Balaban J connectivity index is 2.00. The quantitative estimate of drug-likeness (QED) is 0.828. The molecule has 1 aliphatic rings. The summed E-state index contributed by atoms with van der Waals surface area (Å²) in [6.45, 7) is 1.94. The van der Waals surface area contributed by atoms with Gasteiger partial charge in [-0.05, 0) is 33.0 Å². The summed E-state index contributed by atoms with van der Waals surface area (Å²) in [5.41, 5.74) is 0. The average molecular weight is 236 g/mol. The summed E-state index contributed by atoms with van der Waals surface area (Å²) in [6, 6.07) is 2.58. The molecule has 5 nitrogen and oxygen atoms in total. The smallest absolute Gasteiger partial charge is 0.156 e. The molecule has 0 radical (unpaired) electrons. The monoisotopic (exact) mass is 236 g/mol. The molecule has 0 spiro atoms. The second-order valence-electron chi connectivity index (χ2n) is 4.67. The highest BCUT2D eigenvalue weighted by Crippen LogP contribution is 2.19. The molecule has 0 atom stereocenters. The summed E-state index contributed by atoms with van der Waals surface area (Å²) in [7, 11) is 4.27. The van der Waals surface area contributed by atoms with Crippen molar-refractivity contribution < 1.29 is 5.11 Å². The van der Waals surface area contributed by atoms with Crippen molar-refractivity contribution in [3.63, 3.8) is 0 Å². The molecule has 0 unspecified atom stereocenters. The SMILES string of the molecule is CN(C)C1CCN(c2ccnc(CO)n2)CC1. The van der Waals surface area contributed by atoms with E-state index in [0.717, 1.165) is 31.7 Å². The number of nitrogens with zero attached hydrogens (tertiary/aromatic N) is 4. The molecule has 2 heterocycles. The molecular weight excluding hydrogens is 216 g/mol. The van der Waals surface area contributed by atoms with Gasteiger partial charge >= 0.3 is 0 Å². The highest BCUT2D eigenvalue weighted by Gasteiger charge is 2.21. The minimum Gasteiger partial charge on any atom is -0.388 e. The third-order valence-electron chi connectivity index (χ3n) is 3.35. The number of aliphatic hydroxyl groups excluding tert-OH is 1. The van der Waals surface area contributed by atoms with Gasteiger partial charge in [-0.3, -0.25) is 0 Å². The second-order valence-corrected chi connectivity index (χ2v) is 4.67. The lowest BCUT2D eigenvalue weighted by Crippen LogP contribution is -2.42. The zero-order valence-corrected chi connectivity index (χ0v) is 10.5. The van der Waals surface area contributed by atoms with Crippen LogP contribution in [0.1, 0.15) is 18.7 Å². The predicted octanol–water partition coefficient (Wildman–Crippen LogP) is 0.499. The van der Waals surface area contributed by atoms with Crippen molar-refractivity contribution in [1.82, 2.24) is 14.9 Å². The van der Waals surface area contributed by atoms with Crippen LogP contribution in [0.4, 0.5) is 5.82 Å². The number of piperidine rings is 1. The van der Waals surface area contributed by atoms with Crippen LogP contribution in [0.2, 0.25) is 0 Å². The van der Waals surface area contributed by atoms with Crippen molar-refractivity contribution >= 4 is 5.82 Å². The Morgan fingerprint density at radius 3 is 2.71 bits per heavy atom. The van der Waals surface area contributed by atoms with E-state index in [2.05, 4.69) is 33.9 Å². The summed E-state index contributed by atoms with van der Waals surface area (Å²) in [4.78, 5) is 12.9. The molecule has 0 aromatic carbocycles. The predicted molar refractivity (Wildman–Crippen MR) is 66.9 cm³/mol. The summed E-state index contributed by atoms with van der Waals surface area (Å²) in [5.74, 6) is 1.43. The zero-order valence-electron chi connectivity index (χ0n) is 10.5. The molecule has 1 saturated heterocycles. The van der Waals surface area contributed by atoms with Crippen LogP contribution in [0.3, 0.4) is 0 Å². The molecule has 0 aliphatic carbocycles. The van der Waals surface area contributed by atoms with Gasteiger partial charge in [0.1, 0.15) is 12.4 Å². The van der Waals surface area contributed by atoms with E-state index in [9.17, 15) is 0 Å². The van der Waals surface area contributed by atoms with Gasteiger partial charge in [0.25, 0.3) is 0 Å². The first-order valence-electron chi connectivity index (χ1n) is 6.05. The number of hydrogen-bond donors (Lipinski definition) is 1. The van der Waals surface area contributed by atoms with Gasteiger partial charge in [0, 0.05) is 25.3 Å². The van der Waals surface area contributed by atoms with Crippen molar-refractivity contribution in [3.05, 3.63) is 18.1 Å². The Kier molecular flexibility index (Phi) is 3.91. The van der Waals surface area contributed by atoms with Gasteiger partial charge < -0.3 is 14.9 Å². The number of aromatic nitrogens is 2. The minimum absolute atomic E-state index is 0.0952. The van der Waals surface area contributed by atoms with Crippen LogP contribution in [0.15, 0.2) is 12.3 Å². The van der Waals surface area contributed by atoms with Gasteiger partial charge in [0.2, 0.25) is 0 Å². The van der Waals surface area contributed by atoms with Crippen molar-refractivity contribution in [2.45, 2.75) is 25.5 Å². The number of anilines is 1. The van der Waals surface area contributed by atoms with Crippen LogP contribution in [0, 0.1) is 0 Å². The van der Waals surface area contributed by atoms with Gasteiger partial charge in [-0.15, -0.1) is 0 Å². The van der Waals surface area contributed by atoms with Gasteiger partial charge in [-0.25, -0.2) is 9.97 Å². The van der Waals surface area contributed by atoms with E-state index in [1.807, 2.05) is 6.07 Å². The number of rotatable bonds is 3. The standard InChI is InChI=1S/C12H20N4O/c1-15(2)10-4-7-16(8-5-10)12-3-6-13-11(9-17)14-12/h3,6,10,17H,4-5,7-9H2,1-2H3. The largest absolute Gasteiger partial charge is 0.388 e. The molecule has 1 aliphatic heterocycles. The Bertz CT molecular complexity index is 361. The molecule has 17 heavy (non-hydrogen) atoms. The van der Waals surface area contributed by atoms with Crippen molar-refractivity contribution in [2.75, 3.05) is 32.1 Å². The van der Waals surface area contributed by atoms with Crippen LogP contribution in [-0.2, 0) is 6.61 Å². The fraction of sp³-hybridized carbons (Fsp3) is 0.667. The fourth-order valence-electron chi connectivity index (χ4n) is 2.25. The maximum atomic E-state index is 9.03. The molecule has 5 heteroatoms. The van der Waals surface area contributed by atoms with Crippen LogP contribution < -0.4 is 4.90 Å². The highest BCUT2D eigenvalue weighted by atomic mass is 16.3. The first kappa shape index (κ1) is 12.3. The first-order chi connectivity index (χ1) is 8.20. The Labute approximate surface area is 102 Å². The molecule has 2 rings (SSSR count). The lowest BCUT2D eigenvalue weighted by atomic mass is 10.0. The van der Waals surface area contributed by atoms with E-state index in [1.54, 1.807) is 6.20 Å². The van der Waals surface area contributed by atoms with Gasteiger partial charge in [-0.1, -0.05) is 0 Å². The molecule has 1 aromatic rings. The van der Waals surface area contributed by atoms with Crippen LogP contribution in [0.5, 0.6) is 0 Å². The maximum Gasteiger partial charge on any atom is 0.156 e. The van der Waals surface area contributed by atoms with Crippen LogP contribution in [0.25, 0.3) is 0 Å². The lowest BCUT2D eigenvalue weighted by molar-refractivity contribution is 0.249. The number of aliphatic hydroxyl groups is 1. The van der Waals surface area contributed by atoms with Gasteiger partial charge in [0.15, 0.2) is 5.82 Å². The second kappa shape index (κ2) is 5.42. The Hall–Kier alpha value is -1.20. The average Bonchev–Trinajstić information content (AvgIpc) is 2.39. The minimum atomic E-state index is -0.0952. The van der Waals surface area contributed by atoms with E-state index >= 15 is 0 Å². The van der Waals surface area contributed by atoms with Crippen molar-refractivity contribution in [2.24, 2.45) is 0 Å². The van der Waals surface area contributed by atoms with Crippen molar-refractivity contribution in [3.8, 4) is 0 Å². The van der Waals surface area contributed by atoms with E-state index < -0.39 is 0 Å². The summed E-state index contributed by atoms with van der Waals surface area (Å²) < 4.78 is 0. The van der Waals surface area contributed by atoms with Crippen LogP contribution in [-0.4, -0.2) is 53.2 Å². The topological polar surface area (TPSA) is 52.5 Å². The Morgan fingerprint density at radius 2 is 2.12 bits per heavy atom. The third kappa shape index (κ3) is 2.92. The maximum absolute atomic E-state index is 9.03. The highest BCUT2D eigenvalue weighted by molar-refractivity contribution is 5.37. The summed E-state index contributed by atoms with van der Waals surface area (Å²) in [5, 5.41) is 9.03. The zero-order chi connectivity index (χ0) is 12.3. The molecule has 1 aromatic heterocycles. The molecule has 0 bridgehead atoms. The van der Waals surface area contributed by atoms with Crippen LogP contribution >= 0.6 is 0 Å². The molecule has 0 amide bonds. The Morgan fingerprint density at radius 1 is 1.41 bits per heavy atom. The van der Waals surface area contributed by atoms with E-state index in [0.29, 0.717) is 11.9 Å². The molecule has 94 valence electrons. The fourth-order valence-corrected chi connectivity index (χ4v) is 2.25. The molecule has 1 fully saturated rings.